The van der Waals surface area contributed by atoms with Crippen molar-refractivity contribution in [3.05, 3.63) is 29.8 Å². The largest absolute Gasteiger partial charge is 0.454 e. The molecular weight excluding hydrogens is 292 g/mol. The second-order valence-corrected chi connectivity index (χ2v) is 6.16. The van der Waals surface area contributed by atoms with Crippen molar-refractivity contribution in [1.82, 2.24) is 10.2 Å². The predicted octanol–water partition coefficient (Wildman–Crippen LogP) is 2.42. The maximum absolute atomic E-state index is 11.9. The van der Waals surface area contributed by atoms with Gasteiger partial charge in [0.1, 0.15) is 0 Å². The Balaban J connectivity index is 1.42. The number of hydrogen-bond donors (Lipinski definition) is 1. The lowest BCUT2D eigenvalue weighted by atomic mass is 10.2. The summed E-state index contributed by atoms with van der Waals surface area (Å²) in [5.74, 6) is 1.41. The third kappa shape index (κ3) is 4.26. The Morgan fingerprint density at radius 1 is 1.30 bits per heavy atom. The monoisotopic (exact) mass is 316 g/mol. The zero-order chi connectivity index (χ0) is 16.1. The second-order valence-electron chi connectivity index (χ2n) is 6.16. The minimum atomic E-state index is -0.0671. The molecule has 1 N–H and O–H groups in total. The Hall–Kier alpha value is -2.01. The second kappa shape index (κ2) is 7.51. The number of carbonyl (C=O) groups is 1. The van der Waals surface area contributed by atoms with Crippen LogP contribution in [-0.2, 0) is 4.79 Å². The van der Waals surface area contributed by atoms with Crippen LogP contribution < -0.4 is 14.8 Å². The van der Waals surface area contributed by atoms with Crippen LogP contribution in [0.2, 0.25) is 0 Å². The van der Waals surface area contributed by atoms with Crippen LogP contribution in [0.4, 0.5) is 0 Å². The summed E-state index contributed by atoms with van der Waals surface area (Å²) >= 11 is 0. The lowest BCUT2D eigenvalue weighted by Crippen LogP contribution is -2.36. The van der Waals surface area contributed by atoms with Gasteiger partial charge in [-0.2, -0.15) is 0 Å². The number of nitrogens with zero attached hydrogens (tertiary/aromatic N) is 1. The van der Waals surface area contributed by atoms with Crippen LogP contribution >= 0.6 is 0 Å². The summed E-state index contributed by atoms with van der Waals surface area (Å²) < 4.78 is 10.6. The number of ether oxygens (including phenoxy) is 2. The molecule has 0 spiro atoms. The molecule has 23 heavy (non-hydrogen) atoms. The van der Waals surface area contributed by atoms with Crippen LogP contribution in [0.5, 0.6) is 11.5 Å². The van der Waals surface area contributed by atoms with Crippen molar-refractivity contribution in [3.63, 3.8) is 0 Å². The van der Waals surface area contributed by atoms with E-state index < -0.39 is 0 Å². The molecule has 0 aromatic heterocycles. The maximum atomic E-state index is 11.9. The molecule has 1 aliphatic carbocycles. The number of benzene rings is 1. The van der Waals surface area contributed by atoms with Gasteiger partial charge in [0, 0.05) is 25.2 Å². The summed E-state index contributed by atoms with van der Waals surface area (Å²) in [6.45, 7) is 1.84. The quantitative estimate of drug-likeness (QED) is 0.819. The molecule has 1 amide bonds. The molecule has 0 radical (unpaired) electrons. The zero-order valence-corrected chi connectivity index (χ0v) is 13.6. The van der Waals surface area contributed by atoms with Gasteiger partial charge in [-0.05, 0) is 43.7 Å². The summed E-state index contributed by atoms with van der Waals surface area (Å²) in [5, 5.41) is 2.94. The fourth-order valence-electron chi connectivity index (χ4n) is 3.13. The minimum absolute atomic E-state index is 0.0671. The number of rotatable bonds is 6. The van der Waals surface area contributed by atoms with Gasteiger partial charge in [-0.25, -0.2) is 0 Å². The minimum Gasteiger partial charge on any atom is -0.454 e. The van der Waals surface area contributed by atoms with Gasteiger partial charge in [0.05, 0.1) is 0 Å². The highest BCUT2D eigenvalue weighted by Crippen LogP contribution is 2.32. The van der Waals surface area contributed by atoms with Crippen molar-refractivity contribution >= 4 is 12.0 Å². The fourth-order valence-corrected chi connectivity index (χ4v) is 3.13. The Morgan fingerprint density at radius 3 is 2.91 bits per heavy atom. The van der Waals surface area contributed by atoms with Gasteiger partial charge in [0.15, 0.2) is 11.5 Å². The molecule has 1 aromatic rings. The number of hydrogen-bond acceptors (Lipinski definition) is 4. The molecule has 3 rings (SSSR count). The summed E-state index contributed by atoms with van der Waals surface area (Å²) in [6.07, 6.45) is 8.59. The maximum Gasteiger partial charge on any atom is 0.244 e. The third-order valence-electron chi connectivity index (χ3n) is 4.54. The lowest BCUT2D eigenvalue weighted by Gasteiger charge is -2.23. The van der Waals surface area contributed by atoms with Crippen LogP contribution in [-0.4, -0.2) is 43.8 Å². The molecule has 124 valence electrons. The Labute approximate surface area is 137 Å². The van der Waals surface area contributed by atoms with Gasteiger partial charge in [-0.15, -0.1) is 0 Å². The highest BCUT2D eigenvalue weighted by Gasteiger charge is 2.18. The highest BCUT2D eigenvalue weighted by molar-refractivity contribution is 5.91. The first-order chi connectivity index (χ1) is 11.2. The number of fused-ring (bicyclic) bond motifs is 1. The van der Waals surface area contributed by atoms with E-state index in [2.05, 4.69) is 17.3 Å². The molecular formula is C18H24N2O3. The van der Waals surface area contributed by atoms with Crippen LogP contribution in [0, 0.1) is 0 Å². The Bertz CT molecular complexity index is 580. The van der Waals surface area contributed by atoms with E-state index in [1.165, 1.54) is 25.7 Å². The van der Waals surface area contributed by atoms with E-state index in [4.69, 9.17) is 9.47 Å². The first kappa shape index (κ1) is 15.9. The van der Waals surface area contributed by atoms with Gasteiger partial charge in [0.2, 0.25) is 12.7 Å². The number of nitrogens with one attached hydrogen (secondary N) is 1. The number of carbonyl (C=O) groups excluding carboxylic acids is 1. The van der Waals surface area contributed by atoms with Gasteiger partial charge >= 0.3 is 0 Å². The van der Waals surface area contributed by atoms with Crippen LogP contribution in [0.1, 0.15) is 31.2 Å². The van der Waals surface area contributed by atoms with Crippen molar-refractivity contribution in [2.75, 3.05) is 26.9 Å². The van der Waals surface area contributed by atoms with Crippen molar-refractivity contribution in [1.29, 1.82) is 0 Å². The molecule has 0 saturated heterocycles. The summed E-state index contributed by atoms with van der Waals surface area (Å²) in [4.78, 5) is 14.2. The molecule has 1 fully saturated rings. The molecule has 5 heteroatoms. The topological polar surface area (TPSA) is 50.8 Å². The third-order valence-corrected chi connectivity index (χ3v) is 4.54. The average Bonchev–Trinajstić information content (AvgIpc) is 3.23. The zero-order valence-electron chi connectivity index (χ0n) is 13.6. The normalized spacial score (nSPS) is 17.3. The predicted molar refractivity (Wildman–Crippen MR) is 89.5 cm³/mol. The molecule has 2 aliphatic rings. The molecule has 1 aliphatic heterocycles. The SMILES string of the molecule is CN(CCNC(=O)C=Cc1ccc2c(c1)OCO2)C1CCCC1. The molecule has 1 aromatic carbocycles. The van der Waals surface area contributed by atoms with Crippen molar-refractivity contribution in [2.45, 2.75) is 31.7 Å². The molecule has 0 unspecified atom stereocenters. The van der Waals surface area contributed by atoms with E-state index in [9.17, 15) is 4.79 Å². The number of amides is 1. The molecule has 5 nitrogen and oxygen atoms in total. The van der Waals surface area contributed by atoms with Crippen molar-refractivity contribution < 1.29 is 14.3 Å². The van der Waals surface area contributed by atoms with E-state index >= 15 is 0 Å². The first-order valence-electron chi connectivity index (χ1n) is 8.28. The van der Waals surface area contributed by atoms with E-state index in [0.717, 1.165) is 23.6 Å². The lowest BCUT2D eigenvalue weighted by molar-refractivity contribution is -0.116. The Kier molecular flexibility index (Phi) is 5.18. The summed E-state index contributed by atoms with van der Waals surface area (Å²) in [6, 6.07) is 6.33. The van der Waals surface area contributed by atoms with Crippen molar-refractivity contribution in [2.24, 2.45) is 0 Å². The van der Waals surface area contributed by atoms with Gasteiger partial charge < -0.3 is 19.7 Å². The van der Waals surface area contributed by atoms with Crippen LogP contribution in [0.3, 0.4) is 0 Å². The first-order valence-corrected chi connectivity index (χ1v) is 8.28. The molecule has 0 atom stereocenters. The summed E-state index contributed by atoms with van der Waals surface area (Å²) in [5.41, 5.74) is 0.924. The van der Waals surface area contributed by atoms with Gasteiger partial charge in [0.25, 0.3) is 0 Å². The molecule has 1 saturated carbocycles. The van der Waals surface area contributed by atoms with Crippen LogP contribution in [0.15, 0.2) is 24.3 Å². The van der Waals surface area contributed by atoms with E-state index in [1.54, 1.807) is 12.2 Å². The molecule has 1 heterocycles. The van der Waals surface area contributed by atoms with Crippen LogP contribution in [0.25, 0.3) is 6.08 Å². The van der Waals surface area contributed by atoms with E-state index in [0.29, 0.717) is 12.6 Å². The van der Waals surface area contributed by atoms with Gasteiger partial charge in [-0.1, -0.05) is 18.9 Å². The number of likely N-dealkylation sites (N-methyl/N-ethyl adjacent to an activating group) is 1. The highest BCUT2D eigenvalue weighted by atomic mass is 16.7. The van der Waals surface area contributed by atoms with Gasteiger partial charge in [-0.3, -0.25) is 4.79 Å². The molecule has 0 bridgehead atoms. The van der Waals surface area contributed by atoms with Crippen molar-refractivity contribution in [3.8, 4) is 11.5 Å². The summed E-state index contributed by atoms with van der Waals surface area (Å²) in [7, 11) is 2.14. The Morgan fingerprint density at radius 2 is 2.09 bits per heavy atom. The smallest absolute Gasteiger partial charge is 0.244 e. The van der Waals surface area contributed by atoms with E-state index in [-0.39, 0.29) is 12.7 Å². The standard InChI is InChI=1S/C18H24N2O3/c1-20(15-4-2-3-5-15)11-10-19-18(21)9-7-14-6-8-16-17(12-14)23-13-22-16/h6-9,12,15H,2-5,10-11,13H2,1H3,(H,19,21). The fraction of sp³-hybridized carbons (Fsp3) is 0.500. The average molecular weight is 316 g/mol. The van der Waals surface area contributed by atoms with E-state index in [1.807, 2.05) is 18.2 Å².